The number of morpholine rings is 1. The Morgan fingerprint density at radius 3 is 2.58 bits per heavy atom. The van der Waals surface area contributed by atoms with Gasteiger partial charge < -0.3 is 10.1 Å². The van der Waals surface area contributed by atoms with Gasteiger partial charge in [0.1, 0.15) is 5.82 Å². The van der Waals surface area contributed by atoms with Gasteiger partial charge in [-0.2, -0.15) is 4.31 Å². The SMILES string of the molecule is Cc1ccc(NC(=O)c2cccc(F)c2)cc1S(=O)(=O)N1CCOCC1. The Balaban J connectivity index is 1.86. The van der Waals surface area contributed by atoms with Crippen molar-refractivity contribution in [2.45, 2.75) is 11.8 Å². The van der Waals surface area contributed by atoms with E-state index >= 15 is 0 Å². The maximum atomic E-state index is 13.3. The lowest BCUT2D eigenvalue weighted by molar-refractivity contribution is 0.0730. The van der Waals surface area contributed by atoms with Gasteiger partial charge >= 0.3 is 0 Å². The summed E-state index contributed by atoms with van der Waals surface area (Å²) in [6.45, 7) is 3.00. The number of carbonyl (C=O) groups is 1. The lowest BCUT2D eigenvalue weighted by Gasteiger charge is -2.26. The molecule has 0 unspecified atom stereocenters. The highest BCUT2D eigenvalue weighted by Crippen LogP contribution is 2.24. The number of aryl methyl sites for hydroxylation is 1. The molecule has 1 aliphatic heterocycles. The normalized spacial score (nSPS) is 15.6. The monoisotopic (exact) mass is 378 g/mol. The van der Waals surface area contributed by atoms with Crippen LogP contribution >= 0.6 is 0 Å². The van der Waals surface area contributed by atoms with Crippen LogP contribution < -0.4 is 5.32 Å². The third-order valence-corrected chi connectivity index (χ3v) is 6.16. The molecule has 0 aliphatic carbocycles. The van der Waals surface area contributed by atoms with Gasteiger partial charge in [-0.1, -0.05) is 12.1 Å². The topological polar surface area (TPSA) is 75.7 Å². The minimum Gasteiger partial charge on any atom is -0.379 e. The molecule has 138 valence electrons. The molecule has 1 fully saturated rings. The standard InChI is InChI=1S/C18H19FN2O4S/c1-13-5-6-16(20-18(22)14-3-2-4-15(19)11-14)12-17(13)26(23,24)21-7-9-25-10-8-21/h2-6,11-12H,7-10H2,1H3,(H,20,22). The third-order valence-electron chi connectivity index (χ3n) is 4.12. The van der Waals surface area contributed by atoms with Crippen LogP contribution in [0.5, 0.6) is 0 Å². The lowest BCUT2D eigenvalue weighted by atomic mass is 10.2. The molecule has 8 heteroatoms. The van der Waals surface area contributed by atoms with E-state index in [4.69, 9.17) is 4.74 Å². The zero-order valence-corrected chi connectivity index (χ0v) is 15.1. The number of sulfonamides is 1. The van der Waals surface area contributed by atoms with E-state index in [0.29, 0.717) is 37.6 Å². The molecule has 1 heterocycles. The summed E-state index contributed by atoms with van der Waals surface area (Å²) >= 11 is 0. The van der Waals surface area contributed by atoms with E-state index in [0.717, 1.165) is 6.07 Å². The van der Waals surface area contributed by atoms with E-state index in [1.54, 1.807) is 19.1 Å². The number of rotatable bonds is 4. The number of nitrogens with one attached hydrogen (secondary N) is 1. The number of ether oxygens (including phenoxy) is 1. The Morgan fingerprint density at radius 2 is 1.88 bits per heavy atom. The summed E-state index contributed by atoms with van der Waals surface area (Å²) < 4.78 is 45.6. The van der Waals surface area contributed by atoms with Crippen molar-refractivity contribution in [2.75, 3.05) is 31.6 Å². The van der Waals surface area contributed by atoms with Gasteiger partial charge in [0.15, 0.2) is 0 Å². The highest BCUT2D eigenvalue weighted by atomic mass is 32.2. The fraction of sp³-hybridized carbons (Fsp3) is 0.278. The first kappa shape index (κ1) is 18.5. The van der Waals surface area contributed by atoms with E-state index in [1.165, 1.54) is 28.6 Å². The Bertz CT molecular complexity index is 925. The molecule has 2 aromatic rings. The molecular weight excluding hydrogens is 359 g/mol. The highest BCUT2D eigenvalue weighted by molar-refractivity contribution is 7.89. The fourth-order valence-corrected chi connectivity index (χ4v) is 4.37. The fourth-order valence-electron chi connectivity index (χ4n) is 2.71. The number of anilines is 1. The number of hydrogen-bond acceptors (Lipinski definition) is 4. The maximum Gasteiger partial charge on any atom is 0.255 e. The van der Waals surface area contributed by atoms with Crippen LogP contribution in [0.25, 0.3) is 0 Å². The number of benzene rings is 2. The largest absolute Gasteiger partial charge is 0.379 e. The Labute approximate surface area is 151 Å². The van der Waals surface area contributed by atoms with Gasteiger partial charge in [0.25, 0.3) is 5.91 Å². The molecule has 0 aromatic heterocycles. The summed E-state index contributed by atoms with van der Waals surface area (Å²) in [6, 6.07) is 9.97. The average molecular weight is 378 g/mol. The van der Waals surface area contributed by atoms with Crippen LogP contribution in [0.2, 0.25) is 0 Å². The van der Waals surface area contributed by atoms with Gasteiger partial charge in [0.05, 0.1) is 18.1 Å². The zero-order chi connectivity index (χ0) is 18.7. The molecule has 0 bridgehead atoms. The molecule has 0 radical (unpaired) electrons. The minimum absolute atomic E-state index is 0.136. The van der Waals surface area contributed by atoms with Crippen molar-refractivity contribution in [1.29, 1.82) is 0 Å². The quantitative estimate of drug-likeness (QED) is 0.887. The van der Waals surface area contributed by atoms with Gasteiger partial charge in [-0.05, 0) is 42.8 Å². The molecule has 1 saturated heterocycles. The van der Waals surface area contributed by atoms with Crippen LogP contribution in [0.15, 0.2) is 47.4 Å². The summed E-state index contributed by atoms with van der Waals surface area (Å²) in [7, 11) is -3.68. The molecule has 2 aromatic carbocycles. The van der Waals surface area contributed by atoms with Gasteiger partial charge in [0.2, 0.25) is 10.0 Å². The van der Waals surface area contributed by atoms with E-state index in [1.807, 2.05) is 0 Å². The van der Waals surface area contributed by atoms with Crippen molar-refractivity contribution in [1.82, 2.24) is 4.31 Å². The molecule has 1 aliphatic rings. The molecule has 0 atom stereocenters. The smallest absolute Gasteiger partial charge is 0.255 e. The number of nitrogens with zero attached hydrogens (tertiary/aromatic N) is 1. The zero-order valence-electron chi connectivity index (χ0n) is 14.2. The molecule has 1 N–H and O–H groups in total. The average Bonchev–Trinajstić information content (AvgIpc) is 2.64. The second-order valence-electron chi connectivity index (χ2n) is 5.96. The number of amides is 1. The van der Waals surface area contributed by atoms with Crippen molar-refractivity contribution in [3.63, 3.8) is 0 Å². The van der Waals surface area contributed by atoms with Crippen LogP contribution in [0.4, 0.5) is 10.1 Å². The minimum atomic E-state index is -3.68. The van der Waals surface area contributed by atoms with Crippen molar-refractivity contribution < 1.29 is 22.3 Å². The molecule has 1 amide bonds. The molecule has 0 spiro atoms. The van der Waals surface area contributed by atoms with Crippen molar-refractivity contribution in [3.8, 4) is 0 Å². The predicted molar refractivity (Wildman–Crippen MR) is 95.1 cm³/mol. The maximum absolute atomic E-state index is 13.3. The summed E-state index contributed by atoms with van der Waals surface area (Å²) in [6.07, 6.45) is 0. The highest BCUT2D eigenvalue weighted by Gasteiger charge is 2.28. The summed E-state index contributed by atoms with van der Waals surface area (Å²) in [4.78, 5) is 12.4. The van der Waals surface area contributed by atoms with Crippen LogP contribution in [0.3, 0.4) is 0 Å². The van der Waals surface area contributed by atoms with Crippen molar-refractivity contribution in [3.05, 3.63) is 59.4 Å². The Kier molecular flexibility index (Phi) is 5.36. The van der Waals surface area contributed by atoms with E-state index in [9.17, 15) is 17.6 Å². The summed E-state index contributed by atoms with van der Waals surface area (Å²) in [5, 5.41) is 2.61. The van der Waals surface area contributed by atoms with Crippen molar-refractivity contribution in [2.24, 2.45) is 0 Å². The predicted octanol–water partition coefficient (Wildman–Crippen LogP) is 2.41. The molecule has 26 heavy (non-hydrogen) atoms. The lowest BCUT2D eigenvalue weighted by Crippen LogP contribution is -2.40. The van der Waals surface area contributed by atoms with E-state index in [2.05, 4.69) is 5.32 Å². The van der Waals surface area contributed by atoms with Crippen LogP contribution in [0, 0.1) is 12.7 Å². The Morgan fingerprint density at radius 1 is 1.15 bits per heavy atom. The van der Waals surface area contributed by atoms with E-state index < -0.39 is 21.7 Å². The van der Waals surface area contributed by atoms with Gasteiger partial charge in [-0.25, -0.2) is 12.8 Å². The van der Waals surface area contributed by atoms with Crippen LogP contribution in [0.1, 0.15) is 15.9 Å². The molecule has 0 saturated carbocycles. The van der Waals surface area contributed by atoms with Crippen molar-refractivity contribution >= 4 is 21.6 Å². The first-order valence-electron chi connectivity index (χ1n) is 8.13. The third kappa shape index (κ3) is 3.92. The number of carbonyl (C=O) groups excluding carboxylic acids is 1. The van der Waals surface area contributed by atoms with Gasteiger partial charge in [0, 0.05) is 24.3 Å². The van der Waals surface area contributed by atoms with Gasteiger partial charge in [-0.15, -0.1) is 0 Å². The van der Waals surface area contributed by atoms with Crippen LogP contribution in [-0.4, -0.2) is 44.9 Å². The Hall–Kier alpha value is -2.29. The van der Waals surface area contributed by atoms with Crippen LogP contribution in [-0.2, 0) is 14.8 Å². The second-order valence-corrected chi connectivity index (χ2v) is 7.87. The molecular formula is C18H19FN2O4S. The van der Waals surface area contributed by atoms with E-state index in [-0.39, 0.29) is 10.5 Å². The number of halogens is 1. The molecule has 3 rings (SSSR count). The first-order valence-corrected chi connectivity index (χ1v) is 9.57. The summed E-state index contributed by atoms with van der Waals surface area (Å²) in [5.41, 5.74) is 1.07. The van der Waals surface area contributed by atoms with Gasteiger partial charge in [-0.3, -0.25) is 4.79 Å². The summed E-state index contributed by atoms with van der Waals surface area (Å²) in [5.74, 6) is -1.03. The first-order chi connectivity index (χ1) is 12.4. The number of hydrogen-bond donors (Lipinski definition) is 1. The second kappa shape index (κ2) is 7.53. The molecule has 6 nitrogen and oxygen atoms in total.